The van der Waals surface area contributed by atoms with Gasteiger partial charge >= 0.3 is 23.9 Å². The zero-order valence-corrected chi connectivity index (χ0v) is 33.8. The average Bonchev–Trinajstić information content (AvgIpc) is 3.21. The maximum atomic E-state index is 12.4. The van der Waals surface area contributed by atoms with Crippen LogP contribution in [0, 0.1) is 22.7 Å². The lowest BCUT2D eigenvalue weighted by molar-refractivity contribution is -0.147. The molecule has 0 amide bonds. The number of hydrogen-bond acceptors (Lipinski definition) is 12. The minimum Gasteiger partial charge on any atom is -0.459 e. The molecule has 0 fully saturated rings. The average molecular weight is 781 g/mol. The Kier molecular flexibility index (Phi) is 22.0. The van der Waals surface area contributed by atoms with E-state index in [0.29, 0.717) is 11.1 Å². The molecule has 0 aliphatic heterocycles. The molecular weight excluding hydrogens is 725 g/mol. The summed E-state index contributed by atoms with van der Waals surface area (Å²) < 4.78 is 20.0. The molecule has 0 spiro atoms. The summed E-state index contributed by atoms with van der Waals surface area (Å²) in [6.07, 6.45) is 10.2. The largest absolute Gasteiger partial charge is 0.459 e. The lowest BCUT2D eigenvalue weighted by Crippen LogP contribution is -2.27. The topological polar surface area (TPSA) is 159 Å². The zero-order valence-electron chi connectivity index (χ0n) is 33.8. The van der Waals surface area contributed by atoms with Crippen LogP contribution in [-0.2, 0) is 38.1 Å². The van der Waals surface area contributed by atoms with Gasteiger partial charge in [-0.25, -0.2) is 19.2 Å². The van der Waals surface area contributed by atoms with Crippen LogP contribution in [0.1, 0.15) is 83.8 Å². The Labute approximate surface area is 337 Å². The van der Waals surface area contributed by atoms with E-state index in [4.69, 9.17) is 18.9 Å². The first-order valence-electron chi connectivity index (χ1n) is 19.4. The Bertz CT molecular complexity index is 1670. The molecule has 0 radical (unpaired) electrons. The van der Waals surface area contributed by atoms with Gasteiger partial charge in [-0.3, -0.25) is 0 Å². The highest BCUT2D eigenvalue weighted by Gasteiger charge is 2.14. The molecule has 57 heavy (non-hydrogen) atoms. The summed E-state index contributed by atoms with van der Waals surface area (Å²) in [4.78, 5) is 52.5. The second kappa shape index (κ2) is 26.6. The van der Waals surface area contributed by atoms with Crippen molar-refractivity contribution in [3.63, 3.8) is 0 Å². The molecule has 0 atom stereocenters. The van der Waals surface area contributed by atoms with Crippen molar-refractivity contribution in [3.8, 4) is 12.1 Å². The van der Waals surface area contributed by atoms with Crippen molar-refractivity contribution in [1.29, 1.82) is 10.5 Å². The van der Waals surface area contributed by atoms with Gasteiger partial charge < -0.3 is 28.7 Å². The number of unbranched alkanes of at least 4 members (excludes halogenated alkanes) is 4. The van der Waals surface area contributed by atoms with Gasteiger partial charge in [-0.2, -0.15) is 10.5 Å². The summed E-state index contributed by atoms with van der Waals surface area (Å²) in [5, 5.41) is 19.1. The van der Waals surface area contributed by atoms with E-state index in [9.17, 15) is 29.7 Å². The lowest BCUT2D eigenvalue weighted by Gasteiger charge is -2.26. The van der Waals surface area contributed by atoms with E-state index >= 15 is 0 Å². The molecule has 0 heterocycles. The van der Waals surface area contributed by atoms with Crippen molar-refractivity contribution in [2.75, 3.05) is 62.4 Å². The Morgan fingerprint density at radius 2 is 0.860 bits per heavy atom. The predicted molar refractivity (Wildman–Crippen MR) is 222 cm³/mol. The molecule has 0 bridgehead atoms. The van der Waals surface area contributed by atoms with Gasteiger partial charge in [-0.15, -0.1) is 0 Å². The van der Waals surface area contributed by atoms with Crippen molar-refractivity contribution in [1.82, 2.24) is 0 Å². The second-order valence-electron chi connectivity index (χ2n) is 13.4. The standard InChI is InChI=1S/C45H56N4O8/c1-7-9-22-48(40-18-14-36(15-19-40)30-38(32-46)44(52)56-28-26-54-42(50)34(3)4)24-12-11-13-25-49(23-10-8-2)41-20-16-37(17-21-41)31-39(33-47)45(53)57-29-27-55-43(51)35(5)6/h14-21,30-31H,3,5,7-13,22-29H2,1-2,4,6H3/b38-30+,39-31+. The number of nitriles is 2. The number of carbonyl (C=O) groups is 4. The van der Waals surface area contributed by atoms with Crippen LogP contribution in [0.3, 0.4) is 0 Å². The molecule has 0 unspecified atom stereocenters. The molecule has 2 aromatic rings. The quantitative estimate of drug-likeness (QED) is 0.0299. The van der Waals surface area contributed by atoms with Crippen LogP contribution in [0.5, 0.6) is 0 Å². The molecule has 0 N–H and O–H groups in total. The van der Waals surface area contributed by atoms with E-state index in [-0.39, 0.29) is 48.7 Å². The summed E-state index contributed by atoms with van der Waals surface area (Å²) in [7, 11) is 0. The van der Waals surface area contributed by atoms with Crippen LogP contribution in [0.15, 0.2) is 84.0 Å². The molecule has 0 saturated carbocycles. The van der Waals surface area contributed by atoms with Crippen molar-refractivity contribution >= 4 is 47.4 Å². The third-order valence-electron chi connectivity index (χ3n) is 8.53. The van der Waals surface area contributed by atoms with Gasteiger partial charge in [0.05, 0.1) is 0 Å². The fourth-order valence-corrected chi connectivity index (χ4v) is 5.33. The SMILES string of the molecule is C=C(C)C(=O)OCCOC(=O)/C(C#N)=C/c1ccc(N(CCCC)CCCCCN(CCCC)c2ccc(/C=C(\C#N)C(=O)OCCOC(=O)C(=C)C)cc2)cc1. The van der Waals surface area contributed by atoms with Crippen molar-refractivity contribution in [2.45, 2.75) is 72.6 Å². The number of ether oxygens (including phenoxy) is 4. The molecule has 12 heteroatoms. The Hall–Kier alpha value is -6.14. The Morgan fingerprint density at radius 3 is 1.16 bits per heavy atom. The van der Waals surface area contributed by atoms with Gasteiger partial charge in [-0.1, -0.05) is 64.1 Å². The van der Waals surface area contributed by atoms with E-state index in [0.717, 1.165) is 82.5 Å². The van der Waals surface area contributed by atoms with Crippen molar-refractivity contribution < 1.29 is 38.1 Å². The smallest absolute Gasteiger partial charge is 0.349 e. The Morgan fingerprint density at radius 1 is 0.544 bits per heavy atom. The predicted octanol–water partition coefficient (Wildman–Crippen LogP) is 7.91. The molecule has 0 aliphatic rings. The number of rotatable bonds is 26. The van der Waals surface area contributed by atoms with Crippen molar-refractivity contribution in [2.24, 2.45) is 0 Å². The molecule has 2 rings (SSSR count). The van der Waals surface area contributed by atoms with E-state index in [1.807, 2.05) is 60.7 Å². The lowest BCUT2D eigenvalue weighted by atomic mass is 10.1. The van der Waals surface area contributed by atoms with E-state index in [1.54, 1.807) is 0 Å². The summed E-state index contributed by atoms with van der Waals surface area (Å²) in [5.74, 6) is -2.73. The van der Waals surface area contributed by atoms with E-state index in [2.05, 4.69) is 36.8 Å². The monoisotopic (exact) mass is 780 g/mol. The second-order valence-corrected chi connectivity index (χ2v) is 13.4. The third kappa shape index (κ3) is 17.9. The maximum Gasteiger partial charge on any atom is 0.349 e. The minimum absolute atomic E-state index is 0.128. The van der Waals surface area contributed by atoms with Crippen LogP contribution < -0.4 is 9.80 Å². The first-order chi connectivity index (χ1) is 27.4. The summed E-state index contributed by atoms with van der Waals surface area (Å²) in [6.45, 7) is 17.4. The highest BCUT2D eigenvalue weighted by atomic mass is 16.6. The summed E-state index contributed by atoms with van der Waals surface area (Å²) in [6, 6.07) is 19.3. The fourth-order valence-electron chi connectivity index (χ4n) is 5.33. The van der Waals surface area contributed by atoms with Crippen LogP contribution in [-0.4, -0.2) is 76.5 Å². The van der Waals surface area contributed by atoms with Gasteiger partial charge in [0.15, 0.2) is 0 Å². The third-order valence-corrected chi connectivity index (χ3v) is 8.53. The molecule has 304 valence electrons. The number of carbonyl (C=O) groups excluding carboxylic acids is 4. The van der Waals surface area contributed by atoms with Crippen LogP contribution >= 0.6 is 0 Å². The molecule has 12 nitrogen and oxygen atoms in total. The molecule has 0 aromatic heterocycles. The molecule has 2 aromatic carbocycles. The van der Waals surface area contributed by atoms with Gasteiger partial charge in [0.25, 0.3) is 0 Å². The highest BCUT2D eigenvalue weighted by molar-refractivity contribution is 5.98. The fraction of sp³-hybridized carbons (Fsp3) is 0.422. The minimum atomic E-state index is -0.789. The maximum absolute atomic E-state index is 12.4. The summed E-state index contributed by atoms with van der Waals surface area (Å²) in [5.41, 5.74) is 3.70. The van der Waals surface area contributed by atoms with E-state index < -0.39 is 23.9 Å². The normalized spacial score (nSPS) is 11.1. The molecule has 0 saturated heterocycles. The van der Waals surface area contributed by atoms with Crippen LogP contribution in [0.25, 0.3) is 12.2 Å². The Balaban J connectivity index is 1.96. The molecular formula is C45H56N4O8. The van der Waals surface area contributed by atoms with Gasteiger partial charge in [-0.05, 0) is 93.5 Å². The van der Waals surface area contributed by atoms with Crippen LogP contribution in [0.4, 0.5) is 11.4 Å². The number of esters is 4. The van der Waals surface area contributed by atoms with Gasteiger partial charge in [0, 0.05) is 48.7 Å². The van der Waals surface area contributed by atoms with Crippen LogP contribution in [0.2, 0.25) is 0 Å². The number of benzene rings is 2. The first kappa shape index (κ1) is 47.0. The first-order valence-corrected chi connectivity index (χ1v) is 19.4. The summed E-state index contributed by atoms with van der Waals surface area (Å²) >= 11 is 0. The van der Waals surface area contributed by atoms with Gasteiger partial charge in [0.2, 0.25) is 0 Å². The number of anilines is 2. The highest BCUT2D eigenvalue weighted by Crippen LogP contribution is 2.21. The van der Waals surface area contributed by atoms with Gasteiger partial charge in [0.1, 0.15) is 49.7 Å². The van der Waals surface area contributed by atoms with Crippen molar-refractivity contribution in [3.05, 3.63) is 95.1 Å². The molecule has 0 aliphatic carbocycles. The number of hydrogen-bond donors (Lipinski definition) is 0. The van der Waals surface area contributed by atoms with E-state index in [1.165, 1.54) is 26.0 Å². The zero-order chi connectivity index (χ0) is 42.0. The number of nitrogens with zero attached hydrogens (tertiary/aromatic N) is 4.